The Hall–Kier alpha value is -1.63. The van der Waals surface area contributed by atoms with Crippen molar-refractivity contribution in [3.63, 3.8) is 0 Å². The second-order valence-electron chi connectivity index (χ2n) is 2.59. The minimum absolute atomic E-state index is 0.157. The lowest BCUT2D eigenvalue weighted by molar-refractivity contribution is 0.0690. The third-order valence-corrected chi connectivity index (χ3v) is 2.04. The van der Waals surface area contributed by atoms with Gasteiger partial charge in [-0.3, -0.25) is 4.79 Å². The Kier molecular flexibility index (Phi) is 1.88. The number of carboxylic acids is 1. The lowest BCUT2D eigenvalue weighted by Crippen LogP contribution is -2.17. The molecule has 0 atom stereocenters. The summed E-state index contributed by atoms with van der Waals surface area (Å²) in [6.07, 6.45) is 0. The highest BCUT2D eigenvalue weighted by atomic mass is 79.9. The maximum atomic E-state index is 11.3. The van der Waals surface area contributed by atoms with Crippen molar-refractivity contribution in [2.45, 2.75) is 0 Å². The van der Waals surface area contributed by atoms with Crippen LogP contribution >= 0.6 is 15.9 Å². The van der Waals surface area contributed by atoms with Crippen LogP contribution in [-0.4, -0.2) is 25.7 Å². The van der Waals surface area contributed by atoms with Crippen LogP contribution in [0.15, 0.2) is 21.5 Å². The maximum Gasteiger partial charge on any atom is 0.352 e. The van der Waals surface area contributed by atoms with Gasteiger partial charge in [0.25, 0.3) is 5.56 Å². The molecule has 0 saturated heterocycles. The first kappa shape index (κ1) is 8.95. The van der Waals surface area contributed by atoms with Crippen LogP contribution in [0.4, 0.5) is 0 Å². The predicted octanol–water partition coefficient (Wildman–Crippen LogP) is 0.483. The van der Waals surface area contributed by atoms with Crippen LogP contribution in [0.25, 0.3) is 5.65 Å². The number of halogens is 1. The first-order valence-corrected chi connectivity index (χ1v) is 4.39. The normalized spacial score (nSPS) is 10.6. The van der Waals surface area contributed by atoms with E-state index in [1.54, 1.807) is 0 Å². The Labute approximate surface area is 85.3 Å². The number of carboxylic acid groups (broad SMARTS) is 1. The second kappa shape index (κ2) is 2.95. The number of nitrogens with one attached hydrogen (secondary N) is 1. The van der Waals surface area contributed by atoms with Gasteiger partial charge in [-0.15, -0.1) is 0 Å². The van der Waals surface area contributed by atoms with E-state index < -0.39 is 11.5 Å². The molecule has 0 radical (unpaired) electrons. The van der Waals surface area contributed by atoms with E-state index in [4.69, 9.17) is 5.11 Å². The van der Waals surface area contributed by atoms with Crippen LogP contribution in [-0.2, 0) is 0 Å². The minimum atomic E-state index is -1.18. The molecule has 2 aromatic rings. The molecule has 2 rings (SSSR count). The van der Waals surface area contributed by atoms with Gasteiger partial charge in [0.2, 0.25) is 0 Å². The molecule has 0 amide bonds. The SMILES string of the molecule is O=C(O)c1cc(=O)n2nc(Br)cc2[nH]1. The summed E-state index contributed by atoms with van der Waals surface area (Å²) < 4.78 is 1.55. The van der Waals surface area contributed by atoms with Gasteiger partial charge in [0.1, 0.15) is 15.9 Å². The zero-order valence-corrected chi connectivity index (χ0v) is 8.28. The highest BCUT2D eigenvalue weighted by Gasteiger charge is 2.08. The van der Waals surface area contributed by atoms with Crippen LogP contribution in [0.3, 0.4) is 0 Å². The average molecular weight is 258 g/mol. The van der Waals surface area contributed by atoms with Gasteiger partial charge in [-0.2, -0.15) is 9.61 Å². The van der Waals surface area contributed by atoms with Crippen LogP contribution in [0.1, 0.15) is 10.5 Å². The molecule has 0 aliphatic carbocycles. The van der Waals surface area contributed by atoms with E-state index in [2.05, 4.69) is 26.0 Å². The fourth-order valence-corrected chi connectivity index (χ4v) is 1.46. The summed E-state index contributed by atoms with van der Waals surface area (Å²) in [5, 5.41) is 12.5. The summed E-state index contributed by atoms with van der Waals surface area (Å²) in [7, 11) is 0. The molecule has 0 fully saturated rings. The van der Waals surface area contributed by atoms with Crippen molar-refractivity contribution in [2.24, 2.45) is 0 Å². The number of hydrogen-bond donors (Lipinski definition) is 2. The molecule has 2 heterocycles. The highest BCUT2D eigenvalue weighted by molar-refractivity contribution is 9.10. The molecule has 0 aliphatic heterocycles. The number of hydrogen-bond acceptors (Lipinski definition) is 3. The summed E-state index contributed by atoms with van der Waals surface area (Å²) in [4.78, 5) is 24.5. The molecule has 6 nitrogen and oxygen atoms in total. The van der Waals surface area contributed by atoms with Gasteiger partial charge < -0.3 is 10.1 Å². The molecular formula is C7H4BrN3O3. The average Bonchev–Trinajstić information content (AvgIpc) is 2.45. The highest BCUT2D eigenvalue weighted by Crippen LogP contribution is 2.08. The van der Waals surface area contributed by atoms with Crippen molar-refractivity contribution in [2.75, 3.05) is 0 Å². The van der Waals surface area contributed by atoms with E-state index in [0.717, 1.165) is 10.6 Å². The zero-order valence-electron chi connectivity index (χ0n) is 6.69. The number of aromatic carboxylic acids is 1. The fraction of sp³-hybridized carbons (Fsp3) is 0. The van der Waals surface area contributed by atoms with Crippen molar-refractivity contribution in [1.82, 2.24) is 14.6 Å². The number of aromatic nitrogens is 3. The molecule has 0 aliphatic rings. The fourth-order valence-electron chi connectivity index (χ4n) is 1.08. The van der Waals surface area contributed by atoms with Crippen molar-refractivity contribution >= 4 is 27.5 Å². The predicted molar refractivity (Wildman–Crippen MR) is 50.5 cm³/mol. The molecule has 7 heteroatoms. The number of rotatable bonds is 1. The molecule has 0 spiro atoms. The van der Waals surface area contributed by atoms with Crippen LogP contribution in [0, 0.1) is 0 Å². The van der Waals surface area contributed by atoms with Crippen molar-refractivity contribution in [3.05, 3.63) is 32.8 Å². The summed E-state index contributed by atoms with van der Waals surface area (Å²) in [6.45, 7) is 0. The van der Waals surface area contributed by atoms with E-state index in [0.29, 0.717) is 10.3 Å². The van der Waals surface area contributed by atoms with Crippen LogP contribution in [0.2, 0.25) is 0 Å². The zero-order chi connectivity index (χ0) is 10.3. The van der Waals surface area contributed by atoms with E-state index >= 15 is 0 Å². The van der Waals surface area contributed by atoms with Gasteiger partial charge in [0, 0.05) is 12.1 Å². The number of fused-ring (bicyclic) bond motifs is 1. The molecule has 72 valence electrons. The van der Waals surface area contributed by atoms with Crippen molar-refractivity contribution in [1.29, 1.82) is 0 Å². The minimum Gasteiger partial charge on any atom is -0.477 e. The number of H-pyrrole nitrogens is 1. The second-order valence-corrected chi connectivity index (χ2v) is 3.40. The summed E-state index contributed by atoms with van der Waals surface area (Å²) in [5.41, 5.74) is -0.307. The molecule has 0 unspecified atom stereocenters. The molecule has 14 heavy (non-hydrogen) atoms. The molecular weight excluding hydrogens is 254 g/mol. The number of nitrogens with zero attached hydrogens (tertiary/aromatic N) is 2. The monoisotopic (exact) mass is 257 g/mol. The number of carbonyl (C=O) groups is 1. The quantitative estimate of drug-likeness (QED) is 0.778. The third-order valence-electron chi connectivity index (χ3n) is 1.65. The standard InChI is InChI=1S/C7H4BrN3O3/c8-4-2-5-9-3(7(13)14)1-6(12)11(5)10-4/h1-2,9H,(H,13,14). The Bertz CT molecular complexity index is 571. The molecule has 0 saturated carbocycles. The lowest BCUT2D eigenvalue weighted by Gasteiger charge is -1.95. The Balaban J connectivity index is 2.84. The smallest absolute Gasteiger partial charge is 0.352 e. The molecule has 0 aromatic carbocycles. The van der Waals surface area contributed by atoms with Gasteiger partial charge in [-0.25, -0.2) is 4.79 Å². The molecule has 2 N–H and O–H groups in total. The van der Waals surface area contributed by atoms with Crippen molar-refractivity contribution < 1.29 is 9.90 Å². The topological polar surface area (TPSA) is 87.5 Å². The van der Waals surface area contributed by atoms with Gasteiger partial charge >= 0.3 is 5.97 Å². The Morgan fingerprint density at radius 3 is 2.93 bits per heavy atom. The van der Waals surface area contributed by atoms with E-state index in [9.17, 15) is 9.59 Å². The van der Waals surface area contributed by atoms with E-state index in [1.165, 1.54) is 6.07 Å². The first-order valence-electron chi connectivity index (χ1n) is 3.60. The van der Waals surface area contributed by atoms with Crippen LogP contribution < -0.4 is 5.56 Å². The molecule has 2 aromatic heterocycles. The Morgan fingerprint density at radius 2 is 2.29 bits per heavy atom. The van der Waals surface area contributed by atoms with Gasteiger partial charge in [-0.1, -0.05) is 0 Å². The maximum absolute atomic E-state index is 11.3. The summed E-state index contributed by atoms with van der Waals surface area (Å²) in [5.74, 6) is -1.18. The van der Waals surface area contributed by atoms with Gasteiger partial charge in [-0.05, 0) is 15.9 Å². The first-order chi connectivity index (χ1) is 6.58. The van der Waals surface area contributed by atoms with Gasteiger partial charge in [0.15, 0.2) is 0 Å². The number of aromatic amines is 1. The summed E-state index contributed by atoms with van der Waals surface area (Å²) >= 11 is 3.08. The van der Waals surface area contributed by atoms with E-state index in [-0.39, 0.29) is 5.69 Å². The third kappa shape index (κ3) is 1.31. The van der Waals surface area contributed by atoms with Crippen LogP contribution in [0.5, 0.6) is 0 Å². The van der Waals surface area contributed by atoms with E-state index in [1.807, 2.05) is 0 Å². The van der Waals surface area contributed by atoms with Gasteiger partial charge in [0.05, 0.1) is 0 Å². The largest absolute Gasteiger partial charge is 0.477 e. The summed E-state index contributed by atoms with van der Waals surface area (Å²) in [6, 6.07) is 2.50. The lowest BCUT2D eigenvalue weighted by atomic mass is 10.4. The molecule has 0 bridgehead atoms. The Morgan fingerprint density at radius 1 is 1.57 bits per heavy atom. The van der Waals surface area contributed by atoms with Crippen molar-refractivity contribution in [3.8, 4) is 0 Å².